The molecule has 0 N–H and O–H groups in total. The fourth-order valence-electron chi connectivity index (χ4n) is 6.12. The Balaban J connectivity index is 1.32. The Morgan fingerprint density at radius 1 is 0.520 bits per heavy atom. The average Bonchev–Trinajstić information content (AvgIpc) is 3.06. The van der Waals surface area contributed by atoms with Crippen LogP contribution in [0.3, 0.4) is 0 Å². The second kappa shape index (κ2) is 13.9. The van der Waals surface area contributed by atoms with Crippen molar-refractivity contribution in [3.63, 3.8) is 0 Å². The number of rotatable bonds is 8. The van der Waals surface area contributed by atoms with E-state index < -0.39 is 63.3 Å². The minimum absolute atomic E-state index is 0.0421. The van der Waals surface area contributed by atoms with E-state index in [0.717, 1.165) is 72.7 Å². The first-order valence-electron chi connectivity index (χ1n) is 15.9. The Labute approximate surface area is 282 Å². The molecule has 6 aromatic carbocycles. The second-order valence-electron chi connectivity index (χ2n) is 12.0. The van der Waals surface area contributed by atoms with Crippen molar-refractivity contribution in [2.45, 2.75) is 45.2 Å². The van der Waals surface area contributed by atoms with Gasteiger partial charge < -0.3 is 0 Å². The first-order chi connectivity index (χ1) is 23.8. The van der Waals surface area contributed by atoms with Gasteiger partial charge in [-0.05, 0) is 87.8 Å². The lowest BCUT2D eigenvalue weighted by Gasteiger charge is -2.13. The largest absolute Gasteiger partial charge is 0.458 e. The lowest BCUT2D eigenvalue weighted by molar-refractivity contribution is -0.0696. The van der Waals surface area contributed by atoms with Crippen molar-refractivity contribution in [3.05, 3.63) is 131 Å². The summed E-state index contributed by atoms with van der Waals surface area (Å²) in [6, 6.07) is 19.2. The van der Waals surface area contributed by atoms with Crippen LogP contribution in [0.2, 0.25) is 0 Å². The highest BCUT2D eigenvalue weighted by molar-refractivity contribution is 5.93. The lowest BCUT2D eigenvalue weighted by Crippen LogP contribution is -2.02. The number of benzene rings is 6. The number of aryl methyl sites for hydroxylation is 1. The van der Waals surface area contributed by atoms with Gasteiger partial charge in [0.05, 0.1) is 16.7 Å². The maximum Gasteiger partial charge on any atom is 0.458 e. The van der Waals surface area contributed by atoms with Gasteiger partial charge in [0.25, 0.3) is 0 Å². The molecule has 6 rings (SSSR count). The van der Waals surface area contributed by atoms with Crippen molar-refractivity contribution in [3.8, 4) is 45.2 Å². The van der Waals surface area contributed by atoms with Gasteiger partial charge >= 0.3 is 6.18 Å². The van der Waals surface area contributed by atoms with Crippen LogP contribution in [-0.4, -0.2) is 6.18 Å². The van der Waals surface area contributed by atoms with Crippen LogP contribution < -0.4 is 0 Å². The summed E-state index contributed by atoms with van der Waals surface area (Å²) in [5.74, 6) is -5.01. The molecule has 0 nitrogen and oxygen atoms in total. The van der Waals surface area contributed by atoms with Gasteiger partial charge in [0.1, 0.15) is 34.9 Å². The molecule has 0 aliphatic heterocycles. The lowest BCUT2D eigenvalue weighted by atomic mass is 9.93. The molecule has 0 spiro atoms. The molecular formula is C41H27F9. The third-order valence-electron chi connectivity index (χ3n) is 8.61. The van der Waals surface area contributed by atoms with Crippen LogP contribution in [0.25, 0.3) is 54.9 Å². The van der Waals surface area contributed by atoms with Crippen molar-refractivity contribution >= 4 is 21.5 Å². The quantitative estimate of drug-likeness (QED) is 0.0847. The Hall–Kier alpha value is -5.23. The highest BCUT2D eigenvalue weighted by Crippen LogP contribution is 2.38. The molecule has 0 aliphatic rings. The molecule has 0 aromatic heterocycles. The average molecular weight is 691 g/mol. The topological polar surface area (TPSA) is 0 Å². The monoisotopic (exact) mass is 690 g/mol. The summed E-state index contributed by atoms with van der Waals surface area (Å²) in [6.45, 7) is 2.16. The predicted molar refractivity (Wildman–Crippen MR) is 178 cm³/mol. The molecule has 0 amide bonds. The van der Waals surface area contributed by atoms with E-state index in [2.05, 4.69) is 6.92 Å². The second-order valence-corrected chi connectivity index (χ2v) is 12.0. The van der Waals surface area contributed by atoms with E-state index in [1.165, 1.54) is 30.4 Å². The van der Waals surface area contributed by atoms with E-state index in [1.807, 2.05) is 24.3 Å². The van der Waals surface area contributed by atoms with Gasteiger partial charge in [-0.3, -0.25) is 0 Å². The van der Waals surface area contributed by atoms with Crippen LogP contribution in [0.1, 0.15) is 43.7 Å². The molecule has 50 heavy (non-hydrogen) atoms. The van der Waals surface area contributed by atoms with Gasteiger partial charge in [-0.1, -0.05) is 80.6 Å². The maximum atomic E-state index is 15.8. The molecular weight excluding hydrogens is 663 g/mol. The van der Waals surface area contributed by atoms with E-state index in [-0.39, 0.29) is 27.1 Å². The summed E-state index contributed by atoms with van der Waals surface area (Å²) in [5, 5.41) is -0.245. The van der Waals surface area contributed by atoms with Crippen LogP contribution in [0.5, 0.6) is 0 Å². The molecule has 0 aliphatic carbocycles. The summed E-state index contributed by atoms with van der Waals surface area (Å²) < 4.78 is 129. The Bertz CT molecular complexity index is 2280. The number of fused-ring (bicyclic) bond motifs is 2. The number of alkyl halides is 3. The van der Waals surface area contributed by atoms with Crippen LogP contribution in [-0.2, 0) is 6.42 Å². The zero-order valence-corrected chi connectivity index (χ0v) is 26.5. The fraction of sp³-hybridized carbons (Fsp3) is 0.171. The molecule has 0 heterocycles. The summed E-state index contributed by atoms with van der Waals surface area (Å²) in [7, 11) is 0. The third kappa shape index (κ3) is 7.07. The zero-order chi connectivity index (χ0) is 35.7. The summed E-state index contributed by atoms with van der Waals surface area (Å²) in [5.41, 5.74) is -0.177. The predicted octanol–water partition coefficient (Wildman–Crippen LogP) is 12.9. The summed E-state index contributed by atoms with van der Waals surface area (Å²) in [6.07, 6.45) is 0.600. The van der Waals surface area contributed by atoms with Gasteiger partial charge in [0, 0.05) is 16.7 Å². The molecule has 0 radical (unpaired) electrons. The summed E-state index contributed by atoms with van der Waals surface area (Å²) >= 11 is 0. The normalized spacial score (nSPS) is 11.6. The maximum absolute atomic E-state index is 15.8. The third-order valence-corrected chi connectivity index (χ3v) is 8.61. The van der Waals surface area contributed by atoms with Gasteiger partial charge in [-0.25, -0.2) is 26.3 Å². The fourth-order valence-corrected chi connectivity index (χ4v) is 6.12. The van der Waals surface area contributed by atoms with E-state index in [0.29, 0.717) is 6.07 Å². The standard InChI is InChI=1S/C41H27F9/c1-2-3-4-5-6-23-7-9-24(10-8-23)25-11-13-31-27(17-25)20-36(45)38(40(31)47)29-21-34(43)37(35(44)22-29)26-12-14-30-28(18-26)19-33(42)32(39(30)46)15-16-41(48,49)50/h7-14,17-22H,2-6H2,1H3. The van der Waals surface area contributed by atoms with Crippen LogP contribution in [0, 0.1) is 46.7 Å². The van der Waals surface area contributed by atoms with Crippen LogP contribution in [0.4, 0.5) is 39.5 Å². The van der Waals surface area contributed by atoms with Gasteiger partial charge in [0.15, 0.2) is 0 Å². The van der Waals surface area contributed by atoms with E-state index in [1.54, 1.807) is 12.1 Å². The molecule has 0 fully saturated rings. The minimum Gasteiger partial charge on any atom is -0.206 e. The zero-order valence-electron chi connectivity index (χ0n) is 26.5. The Morgan fingerprint density at radius 2 is 1.08 bits per heavy atom. The Kier molecular flexibility index (Phi) is 9.66. The van der Waals surface area contributed by atoms with E-state index in [9.17, 15) is 22.0 Å². The van der Waals surface area contributed by atoms with Gasteiger partial charge in [-0.2, -0.15) is 13.2 Å². The highest BCUT2D eigenvalue weighted by Gasteiger charge is 2.25. The first-order valence-corrected chi connectivity index (χ1v) is 15.9. The molecule has 0 atom stereocenters. The smallest absolute Gasteiger partial charge is 0.206 e. The van der Waals surface area contributed by atoms with E-state index in [4.69, 9.17) is 0 Å². The van der Waals surface area contributed by atoms with Gasteiger partial charge in [-0.15, -0.1) is 0 Å². The van der Waals surface area contributed by atoms with Crippen molar-refractivity contribution in [2.75, 3.05) is 0 Å². The molecule has 0 unspecified atom stereocenters. The molecule has 9 heteroatoms. The number of hydrogen-bond acceptors (Lipinski definition) is 0. The number of halogens is 9. The van der Waals surface area contributed by atoms with Crippen molar-refractivity contribution in [1.82, 2.24) is 0 Å². The summed E-state index contributed by atoms with van der Waals surface area (Å²) in [4.78, 5) is 0. The van der Waals surface area contributed by atoms with Crippen LogP contribution >= 0.6 is 0 Å². The van der Waals surface area contributed by atoms with Crippen molar-refractivity contribution < 1.29 is 39.5 Å². The van der Waals surface area contributed by atoms with Crippen molar-refractivity contribution in [1.29, 1.82) is 0 Å². The SMILES string of the molecule is CCCCCCc1ccc(-c2ccc3c(F)c(-c4cc(F)c(-c5ccc6c(F)c(C#CC(F)(F)F)c(F)cc6c5)c(F)c4)c(F)cc3c2)cc1. The van der Waals surface area contributed by atoms with Gasteiger partial charge in [0.2, 0.25) is 0 Å². The molecule has 0 bridgehead atoms. The Morgan fingerprint density at radius 3 is 1.72 bits per heavy atom. The van der Waals surface area contributed by atoms with Crippen molar-refractivity contribution in [2.24, 2.45) is 0 Å². The number of unbranched alkanes of at least 4 members (excludes halogenated alkanes) is 3. The molecule has 0 saturated heterocycles. The molecule has 6 aromatic rings. The first kappa shape index (κ1) is 34.6. The molecule has 254 valence electrons. The number of hydrogen-bond donors (Lipinski definition) is 0. The molecule has 0 saturated carbocycles. The highest BCUT2D eigenvalue weighted by atomic mass is 19.4. The minimum atomic E-state index is -4.98. The van der Waals surface area contributed by atoms with Crippen LogP contribution in [0.15, 0.2) is 84.9 Å². The van der Waals surface area contributed by atoms with E-state index >= 15 is 17.6 Å².